The molecule has 1 aliphatic rings. The molecule has 1 aliphatic heterocycles. The number of hydrogen-bond acceptors (Lipinski definition) is 4. The molecule has 20 heavy (non-hydrogen) atoms. The Morgan fingerprint density at radius 2 is 2.25 bits per heavy atom. The van der Waals surface area contributed by atoms with E-state index in [-0.39, 0.29) is 0 Å². The number of nitrogens with zero attached hydrogens (tertiary/aromatic N) is 1. The summed E-state index contributed by atoms with van der Waals surface area (Å²) < 4.78 is 5.77. The van der Waals surface area contributed by atoms with E-state index < -0.39 is 0 Å². The molecule has 5 heteroatoms. The summed E-state index contributed by atoms with van der Waals surface area (Å²) in [6.07, 6.45) is 2.36. The molecule has 0 bridgehead atoms. The van der Waals surface area contributed by atoms with Crippen molar-refractivity contribution in [1.29, 1.82) is 0 Å². The second-order valence-electron chi connectivity index (χ2n) is 4.90. The van der Waals surface area contributed by atoms with Gasteiger partial charge in [-0.2, -0.15) is 11.8 Å². The van der Waals surface area contributed by atoms with E-state index >= 15 is 0 Å². The van der Waals surface area contributed by atoms with Gasteiger partial charge < -0.3 is 15.4 Å². The fourth-order valence-electron chi connectivity index (χ4n) is 2.24. The molecule has 110 valence electrons. The Morgan fingerprint density at radius 3 is 3.10 bits per heavy atom. The van der Waals surface area contributed by atoms with Gasteiger partial charge in [-0.05, 0) is 37.3 Å². The lowest BCUT2D eigenvalue weighted by Gasteiger charge is -2.19. The molecule has 0 amide bonds. The van der Waals surface area contributed by atoms with Gasteiger partial charge in [0.25, 0.3) is 0 Å². The highest BCUT2D eigenvalue weighted by Crippen LogP contribution is 2.14. The van der Waals surface area contributed by atoms with Crippen LogP contribution in [0.25, 0.3) is 0 Å². The highest BCUT2D eigenvalue weighted by Gasteiger charge is 2.08. The maximum atomic E-state index is 5.77. The van der Waals surface area contributed by atoms with Gasteiger partial charge in [-0.3, -0.25) is 0 Å². The van der Waals surface area contributed by atoms with Crippen molar-refractivity contribution in [1.82, 2.24) is 4.90 Å². The predicted molar refractivity (Wildman–Crippen MR) is 90.8 cm³/mol. The first-order valence-electron chi connectivity index (χ1n) is 7.08. The molecule has 0 saturated carbocycles. The summed E-state index contributed by atoms with van der Waals surface area (Å²) in [5.74, 6) is 3.41. The molecule has 2 rings (SSSR count). The second kappa shape index (κ2) is 8.49. The van der Waals surface area contributed by atoms with Gasteiger partial charge in [0.1, 0.15) is 10.7 Å². The van der Waals surface area contributed by atoms with Crippen molar-refractivity contribution in [3.05, 3.63) is 29.8 Å². The summed E-state index contributed by atoms with van der Waals surface area (Å²) in [6, 6.07) is 7.69. The Morgan fingerprint density at radius 1 is 1.35 bits per heavy atom. The van der Waals surface area contributed by atoms with E-state index in [1.165, 1.54) is 31.0 Å². The SMILES string of the molecule is NC(=S)c1cccc(OCCCN2CCCSCC2)c1. The largest absolute Gasteiger partial charge is 0.494 e. The second-order valence-corrected chi connectivity index (χ2v) is 6.57. The summed E-state index contributed by atoms with van der Waals surface area (Å²) in [5.41, 5.74) is 6.48. The topological polar surface area (TPSA) is 38.5 Å². The third kappa shape index (κ3) is 5.31. The summed E-state index contributed by atoms with van der Waals surface area (Å²) >= 11 is 7.03. The first-order chi connectivity index (χ1) is 9.75. The van der Waals surface area contributed by atoms with Crippen molar-refractivity contribution in [2.24, 2.45) is 5.73 Å². The number of benzene rings is 1. The van der Waals surface area contributed by atoms with Gasteiger partial charge in [0.2, 0.25) is 0 Å². The molecule has 1 saturated heterocycles. The van der Waals surface area contributed by atoms with Gasteiger partial charge in [0.15, 0.2) is 0 Å². The normalized spacial score (nSPS) is 16.6. The standard InChI is InChI=1S/C15H22N2OS2/c16-15(19)13-4-1-5-14(12-13)18-9-2-6-17-7-3-10-20-11-8-17/h1,4-5,12H,2-3,6-11H2,(H2,16,19). The molecular weight excluding hydrogens is 288 g/mol. The third-order valence-electron chi connectivity index (χ3n) is 3.32. The van der Waals surface area contributed by atoms with Gasteiger partial charge in [-0.15, -0.1) is 0 Å². The van der Waals surface area contributed by atoms with Gasteiger partial charge in [-0.1, -0.05) is 24.4 Å². The smallest absolute Gasteiger partial charge is 0.119 e. The van der Waals surface area contributed by atoms with Gasteiger partial charge in [0, 0.05) is 24.4 Å². The van der Waals surface area contributed by atoms with Crippen LogP contribution in [0.2, 0.25) is 0 Å². The minimum Gasteiger partial charge on any atom is -0.494 e. The van der Waals surface area contributed by atoms with Crippen molar-refractivity contribution in [2.45, 2.75) is 12.8 Å². The summed E-state index contributed by atoms with van der Waals surface area (Å²) in [5, 5.41) is 0. The molecule has 0 atom stereocenters. The monoisotopic (exact) mass is 310 g/mol. The van der Waals surface area contributed by atoms with Crippen LogP contribution in [-0.2, 0) is 0 Å². The van der Waals surface area contributed by atoms with Gasteiger partial charge >= 0.3 is 0 Å². The lowest BCUT2D eigenvalue weighted by atomic mass is 10.2. The van der Waals surface area contributed by atoms with Crippen LogP contribution in [-0.4, -0.2) is 47.6 Å². The number of thiocarbonyl (C=S) groups is 1. The van der Waals surface area contributed by atoms with E-state index in [9.17, 15) is 0 Å². The Labute approximate surface area is 130 Å². The number of ether oxygens (including phenoxy) is 1. The molecule has 0 unspecified atom stereocenters. The van der Waals surface area contributed by atoms with Crippen molar-refractivity contribution >= 4 is 29.0 Å². The molecule has 0 spiro atoms. The fraction of sp³-hybridized carbons (Fsp3) is 0.533. The number of hydrogen-bond donors (Lipinski definition) is 1. The first kappa shape index (κ1) is 15.6. The molecule has 0 radical (unpaired) electrons. The van der Waals surface area contributed by atoms with E-state index in [2.05, 4.69) is 16.7 Å². The van der Waals surface area contributed by atoms with Crippen molar-refractivity contribution in [2.75, 3.05) is 37.7 Å². The van der Waals surface area contributed by atoms with Gasteiger partial charge in [-0.25, -0.2) is 0 Å². The molecule has 0 aliphatic carbocycles. The lowest BCUT2D eigenvalue weighted by Crippen LogP contribution is -2.28. The van der Waals surface area contributed by atoms with Crippen LogP contribution in [0.5, 0.6) is 5.75 Å². The Kier molecular flexibility index (Phi) is 6.63. The number of rotatable bonds is 6. The molecular formula is C15H22N2OS2. The maximum Gasteiger partial charge on any atom is 0.119 e. The average Bonchev–Trinajstić information content (AvgIpc) is 2.72. The van der Waals surface area contributed by atoms with Crippen LogP contribution in [0.3, 0.4) is 0 Å². The molecule has 3 nitrogen and oxygen atoms in total. The molecule has 2 N–H and O–H groups in total. The van der Waals surface area contributed by atoms with Crippen LogP contribution in [0.15, 0.2) is 24.3 Å². The number of nitrogens with two attached hydrogens (primary N) is 1. The summed E-state index contributed by atoms with van der Waals surface area (Å²) in [6.45, 7) is 4.30. The zero-order valence-corrected chi connectivity index (χ0v) is 13.3. The van der Waals surface area contributed by atoms with E-state index in [0.29, 0.717) is 4.99 Å². The van der Waals surface area contributed by atoms with Crippen molar-refractivity contribution in [3.8, 4) is 5.75 Å². The minimum absolute atomic E-state index is 0.414. The van der Waals surface area contributed by atoms with Crippen LogP contribution in [0, 0.1) is 0 Å². The summed E-state index contributed by atoms with van der Waals surface area (Å²) in [7, 11) is 0. The predicted octanol–water partition coefficient (Wildman–Crippen LogP) is 2.53. The van der Waals surface area contributed by atoms with E-state index in [1.54, 1.807) is 0 Å². The maximum absolute atomic E-state index is 5.77. The Hall–Kier alpha value is -0.780. The minimum atomic E-state index is 0.414. The molecule has 1 aromatic rings. The van der Waals surface area contributed by atoms with E-state index in [4.69, 9.17) is 22.7 Å². The highest BCUT2D eigenvalue weighted by molar-refractivity contribution is 7.99. The van der Waals surface area contributed by atoms with E-state index in [1.807, 2.05) is 24.3 Å². The van der Waals surface area contributed by atoms with Crippen molar-refractivity contribution in [3.63, 3.8) is 0 Å². The third-order valence-corrected chi connectivity index (χ3v) is 4.61. The fourth-order valence-corrected chi connectivity index (χ4v) is 3.29. The number of thioether (sulfide) groups is 1. The quantitative estimate of drug-likeness (QED) is 0.646. The Bertz CT molecular complexity index is 432. The summed E-state index contributed by atoms with van der Waals surface area (Å²) in [4.78, 5) is 2.95. The molecule has 0 aromatic heterocycles. The van der Waals surface area contributed by atoms with E-state index in [0.717, 1.165) is 30.9 Å². The molecule has 1 fully saturated rings. The zero-order valence-electron chi connectivity index (χ0n) is 11.7. The molecule has 1 heterocycles. The first-order valence-corrected chi connectivity index (χ1v) is 8.65. The van der Waals surface area contributed by atoms with Crippen LogP contribution in [0.4, 0.5) is 0 Å². The van der Waals surface area contributed by atoms with Crippen LogP contribution < -0.4 is 10.5 Å². The van der Waals surface area contributed by atoms with Gasteiger partial charge in [0.05, 0.1) is 6.61 Å². The van der Waals surface area contributed by atoms with Crippen LogP contribution in [0.1, 0.15) is 18.4 Å². The highest BCUT2D eigenvalue weighted by atomic mass is 32.2. The Balaban J connectivity index is 1.70. The zero-order chi connectivity index (χ0) is 14.2. The average molecular weight is 310 g/mol. The van der Waals surface area contributed by atoms with Crippen molar-refractivity contribution < 1.29 is 4.74 Å². The lowest BCUT2D eigenvalue weighted by molar-refractivity contribution is 0.245. The molecule has 1 aromatic carbocycles. The van der Waals surface area contributed by atoms with Crippen LogP contribution >= 0.6 is 24.0 Å².